The zero-order valence-electron chi connectivity index (χ0n) is 11.7. The Kier molecular flexibility index (Phi) is 6.50. The van der Waals surface area contributed by atoms with Gasteiger partial charge in [0.15, 0.2) is 5.78 Å². The van der Waals surface area contributed by atoms with Crippen molar-refractivity contribution in [1.29, 1.82) is 0 Å². The van der Waals surface area contributed by atoms with Crippen molar-refractivity contribution in [3.8, 4) is 5.75 Å². The van der Waals surface area contributed by atoms with Crippen molar-refractivity contribution in [2.24, 2.45) is 5.92 Å². The largest absolute Gasteiger partial charge is 0.491 e. The van der Waals surface area contributed by atoms with Gasteiger partial charge < -0.3 is 9.47 Å². The molecule has 0 aliphatic rings. The Balaban J connectivity index is 2.30. The Morgan fingerprint density at radius 3 is 2.58 bits per heavy atom. The molecule has 3 nitrogen and oxygen atoms in total. The van der Waals surface area contributed by atoms with E-state index in [-0.39, 0.29) is 11.3 Å². The lowest BCUT2D eigenvalue weighted by atomic mass is 10.1. The van der Waals surface area contributed by atoms with Gasteiger partial charge in [0.25, 0.3) is 0 Å². The zero-order valence-corrected chi connectivity index (χ0v) is 11.7. The molecule has 0 fully saturated rings. The standard InChI is InChI=1S/C15H21FO3/c1-11(2)6-7-18-8-9-19-13-4-5-14(12(3)17)15(16)10-13/h4-5,10-11H,6-9H2,1-3H3. The van der Waals surface area contributed by atoms with Crippen molar-refractivity contribution in [3.05, 3.63) is 29.6 Å². The molecule has 0 bridgehead atoms. The van der Waals surface area contributed by atoms with Gasteiger partial charge in [-0.2, -0.15) is 0 Å². The van der Waals surface area contributed by atoms with Crippen molar-refractivity contribution in [2.45, 2.75) is 27.2 Å². The first-order valence-electron chi connectivity index (χ1n) is 6.51. The van der Waals surface area contributed by atoms with Crippen molar-refractivity contribution in [3.63, 3.8) is 0 Å². The molecule has 19 heavy (non-hydrogen) atoms. The third-order valence-electron chi connectivity index (χ3n) is 2.66. The summed E-state index contributed by atoms with van der Waals surface area (Å²) in [4.78, 5) is 11.1. The highest BCUT2D eigenvalue weighted by Gasteiger charge is 2.08. The maximum Gasteiger partial charge on any atom is 0.162 e. The van der Waals surface area contributed by atoms with Crippen molar-refractivity contribution in [2.75, 3.05) is 19.8 Å². The minimum absolute atomic E-state index is 0.0838. The van der Waals surface area contributed by atoms with Gasteiger partial charge in [0, 0.05) is 12.7 Å². The number of hydrogen-bond acceptors (Lipinski definition) is 3. The molecule has 0 amide bonds. The Bertz CT molecular complexity index is 416. The molecular formula is C15H21FO3. The number of hydrogen-bond donors (Lipinski definition) is 0. The fourth-order valence-corrected chi connectivity index (χ4v) is 1.51. The molecule has 0 atom stereocenters. The zero-order chi connectivity index (χ0) is 14.3. The average molecular weight is 268 g/mol. The molecule has 1 aromatic carbocycles. The third kappa shape index (κ3) is 5.83. The van der Waals surface area contributed by atoms with Gasteiger partial charge in [-0.15, -0.1) is 0 Å². The molecule has 0 spiro atoms. The molecule has 1 rings (SSSR count). The van der Waals surface area contributed by atoms with E-state index in [1.165, 1.54) is 19.1 Å². The molecule has 0 heterocycles. The van der Waals surface area contributed by atoms with Gasteiger partial charge in [-0.1, -0.05) is 13.8 Å². The highest BCUT2D eigenvalue weighted by Crippen LogP contribution is 2.17. The lowest BCUT2D eigenvalue weighted by molar-refractivity contribution is 0.0924. The highest BCUT2D eigenvalue weighted by atomic mass is 19.1. The SMILES string of the molecule is CC(=O)c1ccc(OCCOCCC(C)C)cc1F. The summed E-state index contributed by atoms with van der Waals surface area (Å²) in [6.07, 6.45) is 1.02. The molecule has 106 valence electrons. The van der Waals surface area contributed by atoms with Crippen LogP contribution in [0.15, 0.2) is 18.2 Å². The number of carbonyl (C=O) groups excluding carboxylic acids is 1. The molecule has 0 aromatic heterocycles. The topological polar surface area (TPSA) is 35.5 Å². The van der Waals surface area contributed by atoms with Crippen LogP contribution >= 0.6 is 0 Å². The van der Waals surface area contributed by atoms with E-state index < -0.39 is 5.82 Å². The first kappa shape index (κ1) is 15.6. The maximum atomic E-state index is 13.5. The number of Topliss-reactive ketones (excluding diaryl/α,β-unsaturated/α-hetero) is 1. The Morgan fingerprint density at radius 1 is 1.26 bits per heavy atom. The number of halogens is 1. The number of ether oxygens (including phenoxy) is 2. The summed E-state index contributed by atoms with van der Waals surface area (Å²) in [5, 5.41) is 0. The summed E-state index contributed by atoms with van der Waals surface area (Å²) < 4.78 is 24.2. The summed E-state index contributed by atoms with van der Waals surface area (Å²) in [6, 6.07) is 4.26. The second kappa shape index (κ2) is 7.89. The molecule has 1 aromatic rings. The minimum atomic E-state index is -0.550. The summed E-state index contributed by atoms with van der Waals surface area (Å²) in [7, 11) is 0. The maximum absolute atomic E-state index is 13.5. The molecule has 0 aliphatic heterocycles. The van der Waals surface area contributed by atoms with E-state index in [9.17, 15) is 9.18 Å². The normalized spacial score (nSPS) is 10.8. The smallest absolute Gasteiger partial charge is 0.162 e. The van der Waals surface area contributed by atoms with E-state index in [0.717, 1.165) is 6.42 Å². The summed E-state index contributed by atoms with van der Waals surface area (Å²) >= 11 is 0. The van der Waals surface area contributed by atoms with E-state index in [1.807, 2.05) is 0 Å². The Morgan fingerprint density at radius 2 is 2.00 bits per heavy atom. The van der Waals surface area contributed by atoms with Crippen LogP contribution in [0, 0.1) is 11.7 Å². The van der Waals surface area contributed by atoms with Crippen LogP contribution in [0.25, 0.3) is 0 Å². The summed E-state index contributed by atoms with van der Waals surface area (Å²) in [6.45, 7) is 7.17. The van der Waals surface area contributed by atoms with Gasteiger partial charge >= 0.3 is 0 Å². The quantitative estimate of drug-likeness (QED) is 0.535. The van der Waals surface area contributed by atoms with Crippen molar-refractivity contribution >= 4 is 5.78 Å². The van der Waals surface area contributed by atoms with E-state index in [1.54, 1.807) is 6.07 Å². The Labute approximate surface area is 113 Å². The number of rotatable bonds is 8. The second-order valence-corrected chi connectivity index (χ2v) is 4.84. The molecule has 4 heteroatoms. The Hall–Kier alpha value is -1.42. The van der Waals surface area contributed by atoms with Crippen LogP contribution < -0.4 is 4.74 Å². The van der Waals surface area contributed by atoms with E-state index in [0.29, 0.717) is 31.5 Å². The minimum Gasteiger partial charge on any atom is -0.491 e. The van der Waals surface area contributed by atoms with E-state index in [4.69, 9.17) is 9.47 Å². The van der Waals surface area contributed by atoms with E-state index in [2.05, 4.69) is 13.8 Å². The van der Waals surface area contributed by atoms with Crippen LogP contribution in [0.4, 0.5) is 4.39 Å². The van der Waals surface area contributed by atoms with Crippen molar-refractivity contribution < 1.29 is 18.7 Å². The first-order valence-corrected chi connectivity index (χ1v) is 6.51. The van der Waals surface area contributed by atoms with Gasteiger partial charge in [-0.05, 0) is 31.4 Å². The third-order valence-corrected chi connectivity index (χ3v) is 2.66. The lowest BCUT2D eigenvalue weighted by Crippen LogP contribution is -2.09. The predicted octanol–water partition coefficient (Wildman–Crippen LogP) is 3.47. The van der Waals surface area contributed by atoms with Crippen LogP contribution in [0.1, 0.15) is 37.6 Å². The number of ketones is 1. The van der Waals surface area contributed by atoms with Gasteiger partial charge in [0.1, 0.15) is 18.2 Å². The van der Waals surface area contributed by atoms with Gasteiger partial charge in [-0.3, -0.25) is 4.79 Å². The van der Waals surface area contributed by atoms with Crippen LogP contribution in [0.5, 0.6) is 5.75 Å². The first-order chi connectivity index (χ1) is 9.00. The van der Waals surface area contributed by atoms with Crippen molar-refractivity contribution in [1.82, 2.24) is 0 Å². The van der Waals surface area contributed by atoms with Crippen LogP contribution in [0.2, 0.25) is 0 Å². The van der Waals surface area contributed by atoms with E-state index >= 15 is 0 Å². The second-order valence-electron chi connectivity index (χ2n) is 4.84. The molecule has 0 radical (unpaired) electrons. The number of benzene rings is 1. The monoisotopic (exact) mass is 268 g/mol. The molecule has 0 unspecified atom stereocenters. The predicted molar refractivity (Wildman–Crippen MR) is 72.2 cm³/mol. The summed E-state index contributed by atoms with van der Waals surface area (Å²) in [5.41, 5.74) is 0.0838. The molecule has 0 saturated heterocycles. The van der Waals surface area contributed by atoms with Gasteiger partial charge in [0.05, 0.1) is 12.2 Å². The fourth-order valence-electron chi connectivity index (χ4n) is 1.51. The average Bonchev–Trinajstić information content (AvgIpc) is 2.32. The number of carbonyl (C=O) groups is 1. The van der Waals surface area contributed by atoms with Crippen LogP contribution in [0.3, 0.4) is 0 Å². The lowest BCUT2D eigenvalue weighted by Gasteiger charge is -2.09. The van der Waals surface area contributed by atoms with Crippen LogP contribution in [-0.2, 0) is 4.74 Å². The molecule has 0 saturated carbocycles. The molecular weight excluding hydrogens is 247 g/mol. The van der Waals surface area contributed by atoms with Gasteiger partial charge in [-0.25, -0.2) is 4.39 Å². The fraction of sp³-hybridized carbons (Fsp3) is 0.533. The van der Waals surface area contributed by atoms with Crippen LogP contribution in [-0.4, -0.2) is 25.6 Å². The molecule has 0 aliphatic carbocycles. The molecule has 0 N–H and O–H groups in total. The summed E-state index contributed by atoms with van der Waals surface area (Å²) in [5.74, 6) is 0.191. The highest BCUT2D eigenvalue weighted by molar-refractivity contribution is 5.94. The van der Waals surface area contributed by atoms with Gasteiger partial charge in [0.2, 0.25) is 0 Å².